The van der Waals surface area contributed by atoms with E-state index < -0.39 is 0 Å². The lowest BCUT2D eigenvalue weighted by molar-refractivity contribution is -0.101. The van der Waals surface area contributed by atoms with Gasteiger partial charge in [0.1, 0.15) is 0 Å². The van der Waals surface area contributed by atoms with Crippen molar-refractivity contribution < 1.29 is 9.47 Å². The van der Waals surface area contributed by atoms with Crippen LogP contribution in [0.25, 0.3) is 0 Å². The fraction of sp³-hybridized carbons (Fsp3) is 0.722. The van der Waals surface area contributed by atoms with Gasteiger partial charge in [-0.25, -0.2) is 0 Å². The van der Waals surface area contributed by atoms with Crippen LogP contribution in [0.2, 0.25) is 0 Å². The van der Waals surface area contributed by atoms with Gasteiger partial charge >= 0.3 is 0 Å². The fourth-order valence-electron chi connectivity index (χ4n) is 3.78. The van der Waals surface area contributed by atoms with Gasteiger partial charge in [0.25, 0.3) is 0 Å². The van der Waals surface area contributed by atoms with Gasteiger partial charge in [-0.3, -0.25) is 9.88 Å². The van der Waals surface area contributed by atoms with Crippen LogP contribution in [0.4, 0.5) is 0 Å². The van der Waals surface area contributed by atoms with Crippen LogP contribution in [0.1, 0.15) is 37.7 Å². The minimum absolute atomic E-state index is 0.318. The number of hydrogen-bond donors (Lipinski definition) is 0. The molecule has 1 aromatic heterocycles. The van der Waals surface area contributed by atoms with Crippen molar-refractivity contribution in [2.75, 3.05) is 19.8 Å². The van der Waals surface area contributed by atoms with E-state index in [1.165, 1.54) is 24.8 Å². The van der Waals surface area contributed by atoms with E-state index in [0.717, 1.165) is 45.1 Å². The molecule has 0 amide bonds. The largest absolute Gasteiger partial charge is 0.378 e. The molecule has 0 bridgehead atoms. The molecule has 4 rings (SSSR count). The van der Waals surface area contributed by atoms with E-state index in [4.69, 9.17) is 9.47 Å². The van der Waals surface area contributed by atoms with Crippen LogP contribution >= 0.6 is 0 Å². The van der Waals surface area contributed by atoms with Crippen molar-refractivity contribution in [1.29, 1.82) is 0 Å². The second-order valence-electron chi connectivity index (χ2n) is 7.04. The molecule has 2 saturated heterocycles. The molecule has 4 nitrogen and oxygen atoms in total. The number of nitrogens with zero attached hydrogens (tertiary/aromatic N) is 2. The molecule has 0 aromatic carbocycles. The third-order valence-electron chi connectivity index (χ3n) is 5.21. The maximum Gasteiger partial charge on any atom is 0.0813 e. The number of ether oxygens (including phenoxy) is 2. The summed E-state index contributed by atoms with van der Waals surface area (Å²) in [6.45, 7) is 3.88. The molecule has 3 heterocycles. The van der Waals surface area contributed by atoms with E-state index in [2.05, 4.69) is 16.0 Å². The topological polar surface area (TPSA) is 34.6 Å². The van der Waals surface area contributed by atoms with Gasteiger partial charge in [-0.1, -0.05) is 6.07 Å². The Morgan fingerprint density at radius 3 is 2.95 bits per heavy atom. The average molecular weight is 302 g/mol. The van der Waals surface area contributed by atoms with Crippen LogP contribution in [-0.4, -0.2) is 47.9 Å². The van der Waals surface area contributed by atoms with Gasteiger partial charge in [-0.15, -0.1) is 0 Å². The van der Waals surface area contributed by atoms with Crippen molar-refractivity contribution >= 4 is 0 Å². The zero-order valence-electron chi connectivity index (χ0n) is 13.2. The Kier molecular flexibility index (Phi) is 4.42. The molecule has 0 unspecified atom stereocenters. The first-order valence-electron chi connectivity index (χ1n) is 8.74. The van der Waals surface area contributed by atoms with Gasteiger partial charge in [0, 0.05) is 38.1 Å². The number of aromatic nitrogens is 1. The average Bonchev–Trinajstić information content (AvgIpc) is 3.29. The van der Waals surface area contributed by atoms with Gasteiger partial charge in [0.05, 0.1) is 18.8 Å². The third-order valence-corrected chi connectivity index (χ3v) is 5.21. The summed E-state index contributed by atoms with van der Waals surface area (Å²) in [5.74, 6) is 0.845. The standard InChI is InChI=1S/C18H26N2O2/c1-2-15(10-19-8-1)11-20-9-7-18-17(20)6-5-16(22-18)13-21-12-14-3-4-14/h1-2,8,10,14,16-18H,3-7,9,11-13H2/t16-,17-,18-/m0/s1. The van der Waals surface area contributed by atoms with Crippen molar-refractivity contribution in [2.24, 2.45) is 5.92 Å². The molecular weight excluding hydrogens is 276 g/mol. The van der Waals surface area contributed by atoms with E-state index in [1.807, 2.05) is 18.5 Å². The predicted octanol–water partition coefficient (Wildman–Crippen LogP) is 2.63. The molecule has 0 N–H and O–H groups in total. The molecule has 3 atom stereocenters. The minimum Gasteiger partial charge on any atom is -0.378 e. The summed E-state index contributed by atoms with van der Waals surface area (Å²) >= 11 is 0. The molecule has 3 aliphatic rings. The molecule has 1 saturated carbocycles. The van der Waals surface area contributed by atoms with Gasteiger partial charge in [-0.2, -0.15) is 0 Å². The monoisotopic (exact) mass is 302 g/mol. The summed E-state index contributed by atoms with van der Waals surface area (Å²) < 4.78 is 12.1. The molecule has 22 heavy (non-hydrogen) atoms. The molecule has 3 fully saturated rings. The van der Waals surface area contributed by atoms with Crippen LogP contribution in [0.3, 0.4) is 0 Å². The zero-order chi connectivity index (χ0) is 14.8. The van der Waals surface area contributed by atoms with E-state index in [-0.39, 0.29) is 0 Å². The van der Waals surface area contributed by atoms with Crippen LogP contribution in [0, 0.1) is 5.92 Å². The lowest BCUT2D eigenvalue weighted by Gasteiger charge is -2.36. The lowest BCUT2D eigenvalue weighted by atomic mass is 9.99. The molecule has 4 heteroatoms. The molecule has 2 aliphatic heterocycles. The zero-order valence-corrected chi connectivity index (χ0v) is 13.2. The summed E-state index contributed by atoms with van der Waals surface area (Å²) in [7, 11) is 0. The van der Waals surface area contributed by atoms with Crippen LogP contribution in [0.5, 0.6) is 0 Å². The Balaban J connectivity index is 1.26. The number of hydrogen-bond acceptors (Lipinski definition) is 4. The normalized spacial score (nSPS) is 32.1. The number of rotatable bonds is 6. The highest BCUT2D eigenvalue weighted by Crippen LogP contribution is 2.33. The Labute approximate surface area is 132 Å². The van der Waals surface area contributed by atoms with Crippen LogP contribution in [-0.2, 0) is 16.0 Å². The number of fused-ring (bicyclic) bond motifs is 1. The van der Waals surface area contributed by atoms with Crippen molar-refractivity contribution in [3.63, 3.8) is 0 Å². The smallest absolute Gasteiger partial charge is 0.0813 e. The SMILES string of the molecule is c1cncc(CN2CC[C@@H]3O[C@H](COCC4CC4)CC[C@@H]32)c1. The fourth-order valence-corrected chi connectivity index (χ4v) is 3.78. The Morgan fingerprint density at radius 2 is 2.14 bits per heavy atom. The Hall–Kier alpha value is -0.970. The van der Waals surface area contributed by atoms with Gasteiger partial charge in [0.15, 0.2) is 0 Å². The second kappa shape index (κ2) is 6.65. The molecule has 120 valence electrons. The maximum atomic E-state index is 6.30. The first kappa shape index (κ1) is 14.6. The minimum atomic E-state index is 0.318. The van der Waals surface area contributed by atoms with Gasteiger partial charge in [0.2, 0.25) is 0 Å². The van der Waals surface area contributed by atoms with E-state index in [9.17, 15) is 0 Å². The number of pyridine rings is 1. The van der Waals surface area contributed by atoms with Crippen LogP contribution in [0.15, 0.2) is 24.5 Å². The van der Waals surface area contributed by atoms with Gasteiger partial charge in [-0.05, 0) is 49.7 Å². The predicted molar refractivity (Wildman–Crippen MR) is 84.5 cm³/mol. The molecule has 0 spiro atoms. The quantitative estimate of drug-likeness (QED) is 0.809. The summed E-state index contributed by atoms with van der Waals surface area (Å²) in [4.78, 5) is 6.79. The first-order valence-corrected chi connectivity index (χ1v) is 8.74. The Bertz CT molecular complexity index is 477. The highest BCUT2D eigenvalue weighted by Gasteiger charge is 2.39. The summed E-state index contributed by atoms with van der Waals surface area (Å²) in [6, 6.07) is 4.77. The first-order chi connectivity index (χ1) is 10.9. The second-order valence-corrected chi connectivity index (χ2v) is 7.04. The molecule has 1 aliphatic carbocycles. The summed E-state index contributed by atoms with van der Waals surface area (Å²) in [6.07, 6.45) is 10.8. The van der Waals surface area contributed by atoms with E-state index in [0.29, 0.717) is 18.2 Å². The van der Waals surface area contributed by atoms with E-state index in [1.54, 1.807) is 0 Å². The Morgan fingerprint density at radius 1 is 1.18 bits per heavy atom. The number of likely N-dealkylation sites (tertiary alicyclic amines) is 1. The maximum absolute atomic E-state index is 6.30. The molecule has 0 radical (unpaired) electrons. The van der Waals surface area contributed by atoms with Gasteiger partial charge < -0.3 is 9.47 Å². The van der Waals surface area contributed by atoms with Crippen molar-refractivity contribution in [3.05, 3.63) is 30.1 Å². The molecule has 1 aromatic rings. The highest BCUT2D eigenvalue weighted by molar-refractivity contribution is 5.09. The van der Waals surface area contributed by atoms with E-state index >= 15 is 0 Å². The summed E-state index contributed by atoms with van der Waals surface area (Å²) in [5, 5.41) is 0. The third kappa shape index (κ3) is 3.50. The van der Waals surface area contributed by atoms with Crippen molar-refractivity contribution in [3.8, 4) is 0 Å². The highest BCUT2D eigenvalue weighted by atomic mass is 16.5. The summed E-state index contributed by atoms with van der Waals surface area (Å²) in [5.41, 5.74) is 1.30. The van der Waals surface area contributed by atoms with Crippen molar-refractivity contribution in [1.82, 2.24) is 9.88 Å². The van der Waals surface area contributed by atoms with Crippen LogP contribution < -0.4 is 0 Å². The lowest BCUT2D eigenvalue weighted by Crippen LogP contribution is -2.43. The van der Waals surface area contributed by atoms with Crippen molar-refractivity contribution in [2.45, 2.75) is 56.9 Å². The molecular formula is C18H26N2O2.